The first-order chi connectivity index (χ1) is 12.5. The van der Waals surface area contributed by atoms with Crippen LogP contribution in [0.15, 0.2) is 0 Å². The van der Waals surface area contributed by atoms with Gasteiger partial charge in [0.15, 0.2) is 0 Å². The molecule has 0 N–H and O–H groups in total. The van der Waals surface area contributed by atoms with E-state index in [2.05, 4.69) is 18.9 Å². The average Bonchev–Trinajstić information content (AvgIpc) is 3.14. The standard InChI is InChI=1S/C16H22O10/c1-3-21-15(19)25-7-23-13(17)10-6-5-9-11(10)12(9)14(18)24-8-26-16(20)22-4-2/h9-12H,3-8H2,1-2H3/t9-,10-,11-,12+/m1/s1. The smallest absolute Gasteiger partial charge is 0.435 e. The van der Waals surface area contributed by atoms with E-state index in [-0.39, 0.29) is 25.0 Å². The third-order valence-corrected chi connectivity index (χ3v) is 4.36. The number of ether oxygens (including phenoxy) is 6. The lowest BCUT2D eigenvalue weighted by atomic mass is 10.0. The van der Waals surface area contributed by atoms with Crippen molar-refractivity contribution in [2.24, 2.45) is 23.7 Å². The molecule has 4 atom stereocenters. The summed E-state index contributed by atoms with van der Waals surface area (Å²) in [5, 5.41) is 0. The number of esters is 2. The van der Waals surface area contributed by atoms with Crippen molar-refractivity contribution in [2.75, 3.05) is 26.8 Å². The highest BCUT2D eigenvalue weighted by Crippen LogP contribution is 2.61. The second-order valence-electron chi connectivity index (χ2n) is 5.77. The largest absolute Gasteiger partial charge is 0.511 e. The minimum atomic E-state index is -0.918. The molecule has 2 aliphatic rings. The maximum atomic E-state index is 12.1. The Morgan fingerprint density at radius 1 is 0.731 bits per heavy atom. The highest BCUT2D eigenvalue weighted by molar-refractivity contribution is 5.81. The van der Waals surface area contributed by atoms with Crippen LogP contribution in [0, 0.1) is 23.7 Å². The number of hydrogen-bond donors (Lipinski definition) is 0. The summed E-state index contributed by atoms with van der Waals surface area (Å²) in [6.45, 7) is 2.49. The fraction of sp³-hybridized carbons (Fsp3) is 0.750. The van der Waals surface area contributed by atoms with Crippen molar-refractivity contribution in [3.8, 4) is 0 Å². The molecule has 2 saturated carbocycles. The van der Waals surface area contributed by atoms with Crippen molar-refractivity contribution < 1.29 is 47.6 Å². The summed E-state index contributed by atoms with van der Waals surface area (Å²) in [7, 11) is 0. The summed E-state index contributed by atoms with van der Waals surface area (Å²) in [6.07, 6.45) is -0.545. The van der Waals surface area contributed by atoms with E-state index in [0.717, 1.165) is 0 Å². The zero-order valence-corrected chi connectivity index (χ0v) is 14.6. The molecular weight excluding hydrogens is 352 g/mol. The Balaban J connectivity index is 1.69. The molecule has 2 aliphatic carbocycles. The Morgan fingerprint density at radius 2 is 1.27 bits per heavy atom. The molecule has 26 heavy (non-hydrogen) atoms. The third kappa shape index (κ3) is 4.99. The van der Waals surface area contributed by atoms with Gasteiger partial charge in [0.25, 0.3) is 0 Å². The van der Waals surface area contributed by atoms with Crippen LogP contribution in [0.4, 0.5) is 9.59 Å². The molecule has 0 amide bonds. The van der Waals surface area contributed by atoms with E-state index in [0.29, 0.717) is 12.8 Å². The summed E-state index contributed by atoms with van der Waals surface area (Å²) in [4.78, 5) is 46.1. The molecule has 0 radical (unpaired) electrons. The molecule has 10 heteroatoms. The van der Waals surface area contributed by atoms with Crippen molar-refractivity contribution in [1.29, 1.82) is 0 Å². The van der Waals surface area contributed by atoms with Crippen molar-refractivity contribution in [3.63, 3.8) is 0 Å². The molecular formula is C16H22O10. The van der Waals surface area contributed by atoms with Crippen LogP contribution >= 0.6 is 0 Å². The first kappa shape index (κ1) is 19.8. The van der Waals surface area contributed by atoms with Crippen LogP contribution in [0.2, 0.25) is 0 Å². The Morgan fingerprint density at radius 3 is 1.81 bits per heavy atom. The van der Waals surface area contributed by atoms with Crippen molar-refractivity contribution in [2.45, 2.75) is 26.7 Å². The summed E-state index contributed by atoms with van der Waals surface area (Å²) in [5.41, 5.74) is 0. The van der Waals surface area contributed by atoms with Crippen LogP contribution in [-0.2, 0) is 38.0 Å². The maximum Gasteiger partial charge on any atom is 0.511 e. The average molecular weight is 374 g/mol. The zero-order chi connectivity index (χ0) is 19.1. The van der Waals surface area contributed by atoms with Crippen LogP contribution in [0.3, 0.4) is 0 Å². The maximum absolute atomic E-state index is 12.1. The molecule has 2 rings (SSSR count). The zero-order valence-electron chi connectivity index (χ0n) is 14.6. The van der Waals surface area contributed by atoms with Crippen LogP contribution in [0.1, 0.15) is 26.7 Å². The van der Waals surface area contributed by atoms with Gasteiger partial charge in [0, 0.05) is 0 Å². The molecule has 0 unspecified atom stereocenters. The molecule has 0 aromatic carbocycles. The normalized spacial score (nSPS) is 25.5. The summed E-state index contributed by atoms with van der Waals surface area (Å²) in [6, 6.07) is 0. The lowest BCUT2D eigenvalue weighted by Gasteiger charge is -2.13. The Kier molecular flexibility index (Phi) is 7.05. The van der Waals surface area contributed by atoms with E-state index in [1.165, 1.54) is 0 Å². The minimum absolute atomic E-state index is 0.0496. The molecule has 10 nitrogen and oxygen atoms in total. The molecule has 0 aliphatic heterocycles. The molecule has 0 aromatic rings. The van der Waals surface area contributed by atoms with Gasteiger partial charge in [-0.1, -0.05) is 0 Å². The second-order valence-corrected chi connectivity index (χ2v) is 5.77. The molecule has 2 fully saturated rings. The van der Waals surface area contributed by atoms with E-state index >= 15 is 0 Å². The van der Waals surface area contributed by atoms with Gasteiger partial charge in [-0.15, -0.1) is 0 Å². The fourth-order valence-corrected chi connectivity index (χ4v) is 3.29. The van der Waals surface area contributed by atoms with Gasteiger partial charge in [-0.2, -0.15) is 0 Å². The van der Waals surface area contributed by atoms with E-state index in [1.807, 2.05) is 0 Å². The van der Waals surface area contributed by atoms with Gasteiger partial charge < -0.3 is 28.4 Å². The summed E-state index contributed by atoms with van der Waals surface area (Å²) in [5.74, 6) is -2.04. The van der Waals surface area contributed by atoms with Gasteiger partial charge >= 0.3 is 24.2 Å². The van der Waals surface area contributed by atoms with Crippen molar-refractivity contribution >= 4 is 24.2 Å². The Labute approximate surface area is 150 Å². The van der Waals surface area contributed by atoms with Gasteiger partial charge in [-0.3, -0.25) is 9.59 Å². The number of carbonyl (C=O) groups is 4. The minimum Gasteiger partial charge on any atom is -0.435 e. The number of hydrogen-bond acceptors (Lipinski definition) is 10. The van der Waals surface area contributed by atoms with Crippen LogP contribution < -0.4 is 0 Å². The molecule has 0 bridgehead atoms. The highest BCUT2D eigenvalue weighted by atomic mass is 16.8. The van der Waals surface area contributed by atoms with Gasteiger partial charge in [0.2, 0.25) is 13.6 Å². The number of rotatable bonds is 8. The number of carbonyl (C=O) groups excluding carboxylic acids is 4. The van der Waals surface area contributed by atoms with Crippen LogP contribution in [-0.4, -0.2) is 51.0 Å². The second kappa shape index (κ2) is 9.25. The van der Waals surface area contributed by atoms with E-state index in [9.17, 15) is 19.2 Å². The highest BCUT2D eigenvalue weighted by Gasteiger charge is 2.64. The fourth-order valence-electron chi connectivity index (χ4n) is 3.29. The summed E-state index contributed by atoms with van der Waals surface area (Å²) < 4.78 is 28.0. The monoisotopic (exact) mass is 374 g/mol. The Hall–Kier alpha value is -2.52. The van der Waals surface area contributed by atoms with Gasteiger partial charge in [-0.05, 0) is 38.5 Å². The predicted octanol–water partition coefficient (Wildman–Crippen LogP) is 1.61. The van der Waals surface area contributed by atoms with Crippen LogP contribution in [0.5, 0.6) is 0 Å². The van der Waals surface area contributed by atoms with Crippen molar-refractivity contribution in [1.82, 2.24) is 0 Å². The molecule has 0 spiro atoms. The van der Waals surface area contributed by atoms with Crippen molar-refractivity contribution in [3.05, 3.63) is 0 Å². The summed E-state index contributed by atoms with van der Waals surface area (Å²) >= 11 is 0. The topological polar surface area (TPSA) is 124 Å². The van der Waals surface area contributed by atoms with E-state index in [4.69, 9.17) is 9.47 Å². The predicted molar refractivity (Wildman–Crippen MR) is 81.3 cm³/mol. The first-order valence-corrected chi connectivity index (χ1v) is 8.41. The lowest BCUT2D eigenvalue weighted by molar-refractivity contribution is -0.160. The Bertz CT molecular complexity index is 545. The van der Waals surface area contributed by atoms with E-state index < -0.39 is 49.7 Å². The molecule has 0 saturated heterocycles. The quantitative estimate of drug-likeness (QED) is 0.351. The van der Waals surface area contributed by atoms with E-state index in [1.54, 1.807) is 13.8 Å². The van der Waals surface area contributed by atoms with Gasteiger partial charge in [0.05, 0.1) is 25.0 Å². The van der Waals surface area contributed by atoms with Gasteiger partial charge in [0.1, 0.15) is 0 Å². The lowest BCUT2D eigenvalue weighted by Crippen LogP contribution is -2.23. The number of fused-ring (bicyclic) bond motifs is 1. The molecule has 0 aromatic heterocycles. The molecule has 146 valence electrons. The SMILES string of the molecule is CCOC(=O)OCOC(=O)[C@H]1[C@@H]2CC[C@@H](C(=O)OCOC(=O)OCC)[C@@H]21. The van der Waals surface area contributed by atoms with Crippen LogP contribution in [0.25, 0.3) is 0 Å². The van der Waals surface area contributed by atoms with Gasteiger partial charge in [-0.25, -0.2) is 9.59 Å². The first-order valence-electron chi connectivity index (χ1n) is 8.41. The third-order valence-electron chi connectivity index (χ3n) is 4.36. The molecule has 0 heterocycles.